The number of aryl methyl sites for hydroxylation is 2. The fraction of sp³-hybridized carbons (Fsp3) is 0.526. The number of hydrogen-bond donors (Lipinski definition) is 0. The molecule has 1 aliphatic rings. The van der Waals surface area contributed by atoms with Gasteiger partial charge >= 0.3 is 0 Å². The Labute approximate surface area is 148 Å². The van der Waals surface area contributed by atoms with Gasteiger partial charge in [0.2, 0.25) is 0 Å². The molecule has 3 rings (SSSR count). The van der Waals surface area contributed by atoms with Crippen LogP contribution < -0.4 is 4.74 Å². The maximum atomic E-state index is 12.6. The van der Waals surface area contributed by atoms with E-state index in [2.05, 4.69) is 42.5 Å². The molecule has 0 fully saturated rings. The fourth-order valence-electron chi connectivity index (χ4n) is 3.19. The zero-order valence-corrected chi connectivity index (χ0v) is 15.6. The molecule has 2 aromatic rings. The van der Waals surface area contributed by atoms with Crippen molar-refractivity contribution in [3.8, 4) is 5.75 Å². The van der Waals surface area contributed by atoms with Gasteiger partial charge in [0.1, 0.15) is 11.6 Å². The van der Waals surface area contributed by atoms with Crippen LogP contribution in [0.4, 0.5) is 0 Å². The van der Waals surface area contributed by atoms with Crippen molar-refractivity contribution in [2.45, 2.75) is 53.1 Å². The minimum absolute atomic E-state index is 0.0228. The molecule has 1 aromatic heterocycles. The van der Waals surface area contributed by atoms with E-state index in [9.17, 15) is 4.79 Å². The molecule has 0 bridgehead atoms. The van der Waals surface area contributed by atoms with Crippen molar-refractivity contribution in [2.24, 2.45) is 0 Å². The first kappa shape index (κ1) is 17.5. The number of carbonyl (C=O) groups is 1. The number of ether oxygens (including phenoxy) is 1. The van der Waals surface area contributed by atoms with Crippen molar-refractivity contribution < 1.29 is 9.53 Å². The molecule has 0 N–H and O–H groups in total. The van der Waals surface area contributed by atoms with E-state index in [1.165, 1.54) is 5.56 Å². The fourth-order valence-corrected chi connectivity index (χ4v) is 3.19. The molecule has 6 nitrogen and oxygen atoms in total. The Balaban J connectivity index is 1.66. The van der Waals surface area contributed by atoms with Crippen LogP contribution in [-0.2, 0) is 11.3 Å². The van der Waals surface area contributed by atoms with Gasteiger partial charge in [-0.3, -0.25) is 4.79 Å². The molecule has 0 saturated heterocycles. The van der Waals surface area contributed by atoms with E-state index in [0.29, 0.717) is 19.0 Å². The van der Waals surface area contributed by atoms with Crippen LogP contribution in [0.25, 0.3) is 0 Å². The third-order valence-electron chi connectivity index (χ3n) is 4.76. The van der Waals surface area contributed by atoms with E-state index >= 15 is 0 Å². The van der Waals surface area contributed by atoms with Gasteiger partial charge in [0, 0.05) is 12.5 Å². The molecule has 0 saturated carbocycles. The van der Waals surface area contributed by atoms with E-state index in [1.807, 2.05) is 25.1 Å². The lowest BCUT2D eigenvalue weighted by atomic mass is 10.1. The molecule has 1 aromatic carbocycles. The molecule has 25 heavy (non-hydrogen) atoms. The summed E-state index contributed by atoms with van der Waals surface area (Å²) in [4.78, 5) is 14.4. The molecular formula is C19H26N4O2. The predicted molar refractivity (Wildman–Crippen MR) is 95.7 cm³/mol. The first-order chi connectivity index (χ1) is 11.9. The highest BCUT2D eigenvalue weighted by atomic mass is 16.5. The van der Waals surface area contributed by atoms with E-state index in [4.69, 9.17) is 4.74 Å². The zero-order valence-electron chi connectivity index (χ0n) is 15.6. The normalized spacial score (nSPS) is 16.9. The Morgan fingerprint density at radius 1 is 1.28 bits per heavy atom. The SMILES string of the molecule is Cc1ccc(OCC(=O)N2Cc3nnc(C(C)C)n3[C@@H](C)C2)cc1C. The summed E-state index contributed by atoms with van der Waals surface area (Å²) in [5.41, 5.74) is 2.37. The summed E-state index contributed by atoms with van der Waals surface area (Å²) in [6, 6.07) is 6.04. The summed E-state index contributed by atoms with van der Waals surface area (Å²) in [7, 11) is 0. The Hall–Kier alpha value is -2.37. The maximum absolute atomic E-state index is 12.6. The van der Waals surface area contributed by atoms with Crippen LogP contribution in [0.3, 0.4) is 0 Å². The molecular weight excluding hydrogens is 316 g/mol. The molecule has 1 amide bonds. The number of hydrogen-bond acceptors (Lipinski definition) is 4. The van der Waals surface area contributed by atoms with Crippen molar-refractivity contribution >= 4 is 5.91 Å². The number of benzene rings is 1. The van der Waals surface area contributed by atoms with E-state index in [1.54, 1.807) is 4.90 Å². The van der Waals surface area contributed by atoms with Crippen molar-refractivity contribution in [3.05, 3.63) is 41.0 Å². The van der Waals surface area contributed by atoms with Gasteiger partial charge in [0.25, 0.3) is 5.91 Å². The number of amides is 1. The van der Waals surface area contributed by atoms with Crippen LogP contribution in [0.15, 0.2) is 18.2 Å². The molecule has 0 unspecified atom stereocenters. The second kappa shape index (κ2) is 6.86. The molecule has 1 aliphatic heterocycles. The Kier molecular flexibility index (Phi) is 4.79. The second-order valence-corrected chi connectivity index (χ2v) is 7.16. The van der Waals surface area contributed by atoms with Gasteiger partial charge in [-0.15, -0.1) is 10.2 Å². The molecule has 0 radical (unpaired) electrons. The van der Waals surface area contributed by atoms with Crippen LogP contribution >= 0.6 is 0 Å². The summed E-state index contributed by atoms with van der Waals surface area (Å²) in [6.45, 7) is 11.6. The topological polar surface area (TPSA) is 60.2 Å². The average Bonchev–Trinajstić information content (AvgIpc) is 3.00. The number of nitrogens with zero attached hydrogens (tertiary/aromatic N) is 4. The number of fused-ring (bicyclic) bond motifs is 1. The lowest BCUT2D eigenvalue weighted by Crippen LogP contribution is -2.42. The van der Waals surface area contributed by atoms with Gasteiger partial charge in [0.15, 0.2) is 12.4 Å². The van der Waals surface area contributed by atoms with Gasteiger partial charge in [-0.05, 0) is 44.0 Å². The minimum atomic E-state index is -0.0228. The highest BCUT2D eigenvalue weighted by Crippen LogP contribution is 2.25. The van der Waals surface area contributed by atoms with Gasteiger partial charge in [-0.2, -0.15) is 0 Å². The number of rotatable bonds is 4. The Morgan fingerprint density at radius 3 is 2.72 bits per heavy atom. The lowest BCUT2D eigenvalue weighted by Gasteiger charge is -2.33. The monoisotopic (exact) mass is 342 g/mol. The Morgan fingerprint density at radius 2 is 2.04 bits per heavy atom. The maximum Gasteiger partial charge on any atom is 0.260 e. The number of carbonyl (C=O) groups excluding carboxylic acids is 1. The summed E-state index contributed by atoms with van der Waals surface area (Å²) >= 11 is 0. The highest BCUT2D eigenvalue weighted by Gasteiger charge is 2.29. The van der Waals surface area contributed by atoms with Gasteiger partial charge in [-0.1, -0.05) is 19.9 Å². The summed E-state index contributed by atoms with van der Waals surface area (Å²) in [5, 5.41) is 8.58. The van der Waals surface area contributed by atoms with Gasteiger partial charge in [-0.25, -0.2) is 0 Å². The molecule has 2 heterocycles. The zero-order chi connectivity index (χ0) is 18.1. The van der Waals surface area contributed by atoms with Crippen LogP contribution in [0.5, 0.6) is 5.75 Å². The average molecular weight is 342 g/mol. The quantitative estimate of drug-likeness (QED) is 0.857. The minimum Gasteiger partial charge on any atom is -0.484 e. The third-order valence-corrected chi connectivity index (χ3v) is 4.76. The molecule has 1 atom stereocenters. The Bertz CT molecular complexity index is 782. The van der Waals surface area contributed by atoms with Crippen LogP contribution in [-0.4, -0.2) is 38.7 Å². The van der Waals surface area contributed by atoms with Crippen molar-refractivity contribution in [2.75, 3.05) is 13.2 Å². The first-order valence-corrected chi connectivity index (χ1v) is 8.78. The van der Waals surface area contributed by atoms with Crippen LogP contribution in [0.1, 0.15) is 55.5 Å². The lowest BCUT2D eigenvalue weighted by molar-refractivity contribution is -0.135. The van der Waals surface area contributed by atoms with E-state index in [-0.39, 0.29) is 18.6 Å². The third kappa shape index (κ3) is 3.52. The largest absolute Gasteiger partial charge is 0.484 e. The van der Waals surface area contributed by atoms with E-state index < -0.39 is 0 Å². The summed E-state index contributed by atoms with van der Waals surface area (Å²) in [6.07, 6.45) is 0. The van der Waals surface area contributed by atoms with Gasteiger partial charge in [0.05, 0.1) is 12.6 Å². The predicted octanol–water partition coefficient (Wildman–Crippen LogP) is 3.00. The van der Waals surface area contributed by atoms with E-state index in [0.717, 1.165) is 23.0 Å². The summed E-state index contributed by atoms with van der Waals surface area (Å²) in [5.74, 6) is 2.86. The second-order valence-electron chi connectivity index (χ2n) is 7.16. The molecule has 6 heteroatoms. The van der Waals surface area contributed by atoms with Crippen LogP contribution in [0.2, 0.25) is 0 Å². The van der Waals surface area contributed by atoms with Gasteiger partial charge < -0.3 is 14.2 Å². The number of aromatic nitrogens is 3. The first-order valence-electron chi connectivity index (χ1n) is 8.78. The standard InChI is InChI=1S/C19H26N4O2/c1-12(2)19-21-20-17-10-22(9-15(5)23(17)19)18(24)11-25-16-7-6-13(3)14(4)8-16/h6-8,12,15H,9-11H2,1-5H3/t15-/m0/s1. The smallest absolute Gasteiger partial charge is 0.260 e. The summed E-state index contributed by atoms with van der Waals surface area (Å²) < 4.78 is 7.85. The molecule has 134 valence electrons. The van der Waals surface area contributed by atoms with Crippen molar-refractivity contribution in [1.82, 2.24) is 19.7 Å². The van der Waals surface area contributed by atoms with Crippen molar-refractivity contribution in [3.63, 3.8) is 0 Å². The van der Waals surface area contributed by atoms with Crippen LogP contribution in [0, 0.1) is 13.8 Å². The highest BCUT2D eigenvalue weighted by molar-refractivity contribution is 5.77. The molecule has 0 spiro atoms. The van der Waals surface area contributed by atoms with Crippen molar-refractivity contribution in [1.29, 1.82) is 0 Å². The molecule has 0 aliphatic carbocycles.